The minimum Gasteiger partial charge on any atom is -0.490 e. The van der Waals surface area contributed by atoms with E-state index in [1.54, 1.807) is 11.8 Å². The normalized spacial score (nSPS) is 10.9. The fraction of sp³-hybridized carbons (Fsp3) is 0.600. The minimum atomic E-state index is 0.460. The van der Waals surface area contributed by atoms with Gasteiger partial charge in [-0.05, 0) is 46.8 Å². The van der Waals surface area contributed by atoms with Gasteiger partial charge in [0.15, 0.2) is 11.5 Å². The van der Waals surface area contributed by atoms with Crippen LogP contribution in [0.4, 0.5) is 0 Å². The van der Waals surface area contributed by atoms with Crippen molar-refractivity contribution in [3.05, 3.63) is 22.2 Å². The van der Waals surface area contributed by atoms with Gasteiger partial charge < -0.3 is 14.8 Å². The number of hydrogen-bond donors (Lipinski definition) is 1. The van der Waals surface area contributed by atoms with Crippen molar-refractivity contribution in [1.29, 1.82) is 0 Å². The van der Waals surface area contributed by atoms with Crippen LogP contribution < -0.4 is 14.8 Å². The molecule has 0 aliphatic heterocycles. The van der Waals surface area contributed by atoms with Gasteiger partial charge >= 0.3 is 0 Å². The second kappa shape index (κ2) is 9.53. The van der Waals surface area contributed by atoms with Crippen LogP contribution in [0.25, 0.3) is 0 Å². The average Bonchev–Trinajstić information content (AvgIpc) is 2.39. The lowest BCUT2D eigenvalue weighted by atomic mass is 10.2. The Balaban J connectivity index is 2.87. The number of hydrogen-bond acceptors (Lipinski definition) is 4. The molecular weight excluding hydrogens is 338 g/mol. The standard InChI is InChI=1S/C15H24BrNO2S/c1-5-18-14-9-12(10-17-11(2)3)8-13(16)15(14)19-6-7-20-4/h8-9,11,17H,5-7,10H2,1-4H3. The van der Waals surface area contributed by atoms with E-state index >= 15 is 0 Å². The smallest absolute Gasteiger partial charge is 0.175 e. The molecule has 0 unspecified atom stereocenters. The van der Waals surface area contributed by atoms with Gasteiger partial charge in [-0.3, -0.25) is 0 Å². The number of halogens is 1. The third kappa shape index (κ3) is 5.94. The maximum atomic E-state index is 5.83. The zero-order chi connectivity index (χ0) is 15.0. The topological polar surface area (TPSA) is 30.5 Å². The second-order valence-corrected chi connectivity index (χ2v) is 6.55. The van der Waals surface area contributed by atoms with Crippen LogP contribution in [0.1, 0.15) is 26.3 Å². The van der Waals surface area contributed by atoms with Crippen molar-refractivity contribution in [2.75, 3.05) is 25.2 Å². The molecule has 0 amide bonds. The Morgan fingerprint density at radius 1 is 1.30 bits per heavy atom. The van der Waals surface area contributed by atoms with Crippen molar-refractivity contribution in [2.45, 2.75) is 33.4 Å². The van der Waals surface area contributed by atoms with E-state index in [0.29, 0.717) is 19.3 Å². The van der Waals surface area contributed by atoms with E-state index in [-0.39, 0.29) is 0 Å². The van der Waals surface area contributed by atoms with E-state index in [0.717, 1.165) is 28.3 Å². The summed E-state index contributed by atoms with van der Waals surface area (Å²) >= 11 is 5.36. The van der Waals surface area contributed by atoms with Crippen molar-refractivity contribution in [1.82, 2.24) is 5.32 Å². The molecule has 0 atom stereocenters. The first-order valence-electron chi connectivity index (χ1n) is 6.88. The summed E-state index contributed by atoms with van der Waals surface area (Å²) in [7, 11) is 0. The summed E-state index contributed by atoms with van der Waals surface area (Å²) in [4.78, 5) is 0. The Morgan fingerprint density at radius 2 is 2.05 bits per heavy atom. The van der Waals surface area contributed by atoms with Crippen LogP contribution >= 0.6 is 27.7 Å². The first-order chi connectivity index (χ1) is 9.58. The van der Waals surface area contributed by atoms with Gasteiger partial charge in [0.2, 0.25) is 0 Å². The summed E-state index contributed by atoms with van der Waals surface area (Å²) in [5.41, 5.74) is 1.19. The van der Waals surface area contributed by atoms with E-state index in [2.05, 4.69) is 53.5 Å². The molecule has 1 aromatic rings. The van der Waals surface area contributed by atoms with Gasteiger partial charge in [0.1, 0.15) is 0 Å². The number of thioether (sulfide) groups is 1. The Bertz CT molecular complexity index is 413. The van der Waals surface area contributed by atoms with Gasteiger partial charge in [0, 0.05) is 18.3 Å². The minimum absolute atomic E-state index is 0.460. The molecular formula is C15H24BrNO2S. The van der Waals surface area contributed by atoms with E-state index in [9.17, 15) is 0 Å². The molecule has 0 aliphatic rings. The van der Waals surface area contributed by atoms with Crippen molar-refractivity contribution >= 4 is 27.7 Å². The first kappa shape index (κ1) is 17.7. The average molecular weight is 362 g/mol. The summed E-state index contributed by atoms with van der Waals surface area (Å²) in [5.74, 6) is 2.58. The molecule has 0 heterocycles. The zero-order valence-electron chi connectivity index (χ0n) is 12.7. The molecule has 0 saturated heterocycles. The molecule has 1 rings (SSSR count). The van der Waals surface area contributed by atoms with E-state index in [1.807, 2.05) is 6.92 Å². The molecule has 0 spiro atoms. The third-order valence-electron chi connectivity index (χ3n) is 2.62. The molecule has 5 heteroatoms. The largest absolute Gasteiger partial charge is 0.490 e. The predicted octanol–water partition coefficient (Wildman–Crippen LogP) is 4.09. The summed E-state index contributed by atoms with van der Waals surface area (Å²) < 4.78 is 12.5. The van der Waals surface area contributed by atoms with Crippen LogP contribution in [-0.4, -0.2) is 31.3 Å². The molecule has 3 nitrogen and oxygen atoms in total. The summed E-state index contributed by atoms with van der Waals surface area (Å²) in [6.07, 6.45) is 2.07. The Hall–Kier alpha value is -0.390. The molecule has 1 N–H and O–H groups in total. The van der Waals surface area contributed by atoms with Gasteiger partial charge in [0.25, 0.3) is 0 Å². The van der Waals surface area contributed by atoms with E-state index in [1.165, 1.54) is 5.56 Å². The molecule has 0 radical (unpaired) electrons. The molecule has 114 valence electrons. The highest BCUT2D eigenvalue weighted by molar-refractivity contribution is 9.10. The monoisotopic (exact) mass is 361 g/mol. The molecule has 0 aliphatic carbocycles. The lowest BCUT2D eigenvalue weighted by molar-refractivity contribution is 0.287. The van der Waals surface area contributed by atoms with Crippen LogP contribution in [0.5, 0.6) is 11.5 Å². The van der Waals surface area contributed by atoms with Crippen molar-refractivity contribution in [3.63, 3.8) is 0 Å². The van der Waals surface area contributed by atoms with Crippen LogP contribution in [0.2, 0.25) is 0 Å². The number of nitrogens with one attached hydrogen (secondary N) is 1. The lowest BCUT2D eigenvalue weighted by Gasteiger charge is -2.16. The molecule has 0 fully saturated rings. The van der Waals surface area contributed by atoms with E-state index < -0.39 is 0 Å². The Labute approximate surface area is 134 Å². The van der Waals surface area contributed by atoms with Gasteiger partial charge in [-0.15, -0.1) is 0 Å². The number of ether oxygens (including phenoxy) is 2. The zero-order valence-corrected chi connectivity index (χ0v) is 15.1. The Kier molecular flexibility index (Phi) is 8.41. The van der Waals surface area contributed by atoms with E-state index in [4.69, 9.17) is 9.47 Å². The molecule has 1 aromatic carbocycles. The highest BCUT2D eigenvalue weighted by Crippen LogP contribution is 2.37. The van der Waals surface area contributed by atoms with Crippen LogP contribution in [-0.2, 0) is 6.54 Å². The van der Waals surface area contributed by atoms with Gasteiger partial charge in [-0.2, -0.15) is 11.8 Å². The van der Waals surface area contributed by atoms with Crippen molar-refractivity contribution < 1.29 is 9.47 Å². The van der Waals surface area contributed by atoms with Gasteiger partial charge in [-0.1, -0.05) is 13.8 Å². The fourth-order valence-corrected chi connectivity index (χ4v) is 2.53. The highest BCUT2D eigenvalue weighted by Gasteiger charge is 2.12. The van der Waals surface area contributed by atoms with Crippen LogP contribution in [0.15, 0.2) is 16.6 Å². The number of benzene rings is 1. The molecule has 20 heavy (non-hydrogen) atoms. The summed E-state index contributed by atoms with van der Waals surface area (Å²) in [6.45, 7) is 8.40. The van der Waals surface area contributed by atoms with Crippen LogP contribution in [0.3, 0.4) is 0 Å². The number of rotatable bonds is 9. The van der Waals surface area contributed by atoms with Crippen molar-refractivity contribution in [2.24, 2.45) is 0 Å². The summed E-state index contributed by atoms with van der Waals surface area (Å²) in [5, 5.41) is 3.41. The highest BCUT2D eigenvalue weighted by atomic mass is 79.9. The second-order valence-electron chi connectivity index (χ2n) is 4.71. The SMILES string of the molecule is CCOc1cc(CNC(C)C)cc(Br)c1OCCSC. The van der Waals surface area contributed by atoms with Gasteiger partial charge in [-0.25, -0.2) is 0 Å². The molecule has 0 aromatic heterocycles. The quantitative estimate of drug-likeness (QED) is 0.671. The maximum Gasteiger partial charge on any atom is 0.175 e. The molecule has 0 saturated carbocycles. The molecule has 0 bridgehead atoms. The van der Waals surface area contributed by atoms with Gasteiger partial charge in [0.05, 0.1) is 17.7 Å². The fourth-order valence-electron chi connectivity index (χ4n) is 1.68. The summed E-state index contributed by atoms with van der Waals surface area (Å²) in [6, 6.07) is 4.60. The lowest BCUT2D eigenvalue weighted by Crippen LogP contribution is -2.21. The third-order valence-corrected chi connectivity index (χ3v) is 3.78. The van der Waals surface area contributed by atoms with Crippen molar-refractivity contribution in [3.8, 4) is 11.5 Å². The maximum absolute atomic E-state index is 5.83. The van der Waals surface area contributed by atoms with Crippen LogP contribution in [0, 0.1) is 0 Å². The first-order valence-corrected chi connectivity index (χ1v) is 9.07. The Morgan fingerprint density at radius 3 is 2.65 bits per heavy atom. The predicted molar refractivity (Wildman–Crippen MR) is 91.2 cm³/mol.